The van der Waals surface area contributed by atoms with Gasteiger partial charge in [-0.15, -0.1) is 0 Å². The summed E-state index contributed by atoms with van der Waals surface area (Å²) in [6.45, 7) is 6.62. The van der Waals surface area contributed by atoms with Crippen LogP contribution in [-0.4, -0.2) is 34.7 Å². The number of amides is 2. The molecule has 1 unspecified atom stereocenters. The Labute approximate surface area is 192 Å². The molecule has 0 spiro atoms. The molecule has 1 aliphatic rings. The number of carbonyl (C=O) groups excluding carboxylic acids is 1. The zero-order valence-corrected chi connectivity index (χ0v) is 19.1. The molecule has 1 N–H and O–H groups in total. The van der Waals surface area contributed by atoms with E-state index >= 15 is 0 Å². The molecule has 0 saturated heterocycles. The van der Waals surface area contributed by atoms with E-state index in [-0.39, 0.29) is 17.7 Å². The molecule has 2 aromatic carbocycles. The van der Waals surface area contributed by atoms with Crippen molar-refractivity contribution in [3.8, 4) is 17.1 Å². The van der Waals surface area contributed by atoms with Gasteiger partial charge in [0.05, 0.1) is 18.7 Å². The highest BCUT2D eigenvalue weighted by Crippen LogP contribution is 2.37. The summed E-state index contributed by atoms with van der Waals surface area (Å²) in [6.07, 6.45) is 0.837. The van der Waals surface area contributed by atoms with Crippen LogP contribution in [0.15, 0.2) is 58.8 Å². The lowest BCUT2D eigenvalue weighted by Gasteiger charge is -2.35. The largest absolute Gasteiger partial charge is 0.497 e. The van der Waals surface area contributed by atoms with E-state index in [9.17, 15) is 9.18 Å². The Morgan fingerprint density at radius 1 is 1.21 bits per heavy atom. The van der Waals surface area contributed by atoms with Gasteiger partial charge in [-0.1, -0.05) is 31.1 Å². The van der Waals surface area contributed by atoms with Crippen LogP contribution in [0.3, 0.4) is 0 Å². The van der Waals surface area contributed by atoms with Crippen LogP contribution < -0.4 is 10.1 Å². The van der Waals surface area contributed by atoms with E-state index in [0.29, 0.717) is 35.1 Å². The zero-order valence-electron chi connectivity index (χ0n) is 19.1. The summed E-state index contributed by atoms with van der Waals surface area (Å²) >= 11 is 0. The maximum Gasteiger partial charge on any atom is 0.322 e. The summed E-state index contributed by atoms with van der Waals surface area (Å²) < 4.78 is 24.9. The molecule has 0 bridgehead atoms. The van der Waals surface area contributed by atoms with Crippen molar-refractivity contribution >= 4 is 11.6 Å². The quantitative estimate of drug-likeness (QED) is 0.519. The number of aromatic nitrogens is 2. The maximum absolute atomic E-state index is 14.0. The predicted octanol–water partition coefficient (Wildman–Crippen LogP) is 5.43. The third-order valence-electron chi connectivity index (χ3n) is 5.71. The number of allylic oxidation sites excluding steroid dienone is 1. The van der Waals surface area contributed by atoms with Gasteiger partial charge in [-0.05, 0) is 61.2 Å². The minimum atomic E-state index is -0.618. The van der Waals surface area contributed by atoms with Crippen molar-refractivity contribution < 1.29 is 18.4 Å². The molecule has 2 heterocycles. The summed E-state index contributed by atoms with van der Waals surface area (Å²) in [5, 5.41) is 7.14. The molecule has 1 atom stereocenters. The fraction of sp³-hybridized carbons (Fsp3) is 0.320. The highest BCUT2D eigenvalue weighted by Gasteiger charge is 2.35. The van der Waals surface area contributed by atoms with E-state index < -0.39 is 6.04 Å². The average molecular weight is 451 g/mol. The first-order valence-corrected chi connectivity index (χ1v) is 10.9. The molecule has 33 heavy (non-hydrogen) atoms. The monoisotopic (exact) mass is 450 g/mol. The fourth-order valence-electron chi connectivity index (χ4n) is 3.84. The Kier molecular flexibility index (Phi) is 6.44. The summed E-state index contributed by atoms with van der Waals surface area (Å²) in [5.41, 5.74) is 2.73. The molecule has 1 aromatic heterocycles. The Morgan fingerprint density at radius 2 is 1.97 bits per heavy atom. The van der Waals surface area contributed by atoms with Crippen LogP contribution in [0.2, 0.25) is 0 Å². The van der Waals surface area contributed by atoms with Crippen LogP contribution >= 0.6 is 0 Å². The number of halogens is 1. The number of methoxy groups -OCH3 is 1. The number of hydrogen-bond acceptors (Lipinski definition) is 5. The lowest BCUT2D eigenvalue weighted by Crippen LogP contribution is -2.46. The molecular weight excluding hydrogens is 423 g/mol. The Bertz CT molecular complexity index is 1170. The fourth-order valence-corrected chi connectivity index (χ4v) is 3.84. The molecule has 7 nitrogen and oxygen atoms in total. The number of carbonyl (C=O) groups is 1. The maximum atomic E-state index is 14.0. The second-order valence-electron chi connectivity index (χ2n) is 8.42. The van der Waals surface area contributed by atoms with Gasteiger partial charge < -0.3 is 14.6 Å². The van der Waals surface area contributed by atoms with Crippen molar-refractivity contribution in [3.05, 3.63) is 71.5 Å². The van der Waals surface area contributed by atoms with Gasteiger partial charge in [-0.25, -0.2) is 9.18 Å². The second-order valence-corrected chi connectivity index (χ2v) is 8.42. The smallest absolute Gasteiger partial charge is 0.322 e. The highest BCUT2D eigenvalue weighted by molar-refractivity contribution is 5.86. The van der Waals surface area contributed by atoms with E-state index in [4.69, 9.17) is 9.26 Å². The third kappa shape index (κ3) is 4.74. The number of hydrogen-bond donors (Lipinski definition) is 1. The van der Waals surface area contributed by atoms with Crippen LogP contribution in [0.5, 0.6) is 5.75 Å². The first-order valence-electron chi connectivity index (χ1n) is 10.9. The summed E-state index contributed by atoms with van der Waals surface area (Å²) in [5.74, 6) is 1.46. The van der Waals surface area contributed by atoms with Gasteiger partial charge in [0.1, 0.15) is 11.6 Å². The number of nitrogens with one attached hydrogen (secondary N) is 1. The van der Waals surface area contributed by atoms with Crippen molar-refractivity contribution in [1.29, 1.82) is 0 Å². The SMILES string of the molecule is COc1ccc(-c2noc(C3=C(C)N(CCC(C)C)C(=O)NC3c3cccc(F)c3)n2)cc1. The Balaban J connectivity index is 1.77. The second kappa shape index (κ2) is 9.44. The summed E-state index contributed by atoms with van der Waals surface area (Å²) in [7, 11) is 1.60. The van der Waals surface area contributed by atoms with E-state index in [1.165, 1.54) is 12.1 Å². The van der Waals surface area contributed by atoms with E-state index in [0.717, 1.165) is 17.7 Å². The van der Waals surface area contributed by atoms with Crippen molar-refractivity contribution in [1.82, 2.24) is 20.4 Å². The van der Waals surface area contributed by atoms with Gasteiger partial charge in [-0.3, -0.25) is 4.90 Å². The van der Waals surface area contributed by atoms with Crippen LogP contribution in [0.25, 0.3) is 17.0 Å². The lowest BCUT2D eigenvalue weighted by atomic mass is 9.94. The van der Waals surface area contributed by atoms with Crippen molar-refractivity contribution in [2.75, 3.05) is 13.7 Å². The van der Waals surface area contributed by atoms with E-state index in [1.807, 2.05) is 31.2 Å². The van der Waals surface area contributed by atoms with Crippen LogP contribution in [-0.2, 0) is 0 Å². The van der Waals surface area contributed by atoms with Crippen LogP contribution in [0.4, 0.5) is 9.18 Å². The van der Waals surface area contributed by atoms with Gasteiger partial charge in [0.2, 0.25) is 5.82 Å². The van der Waals surface area contributed by atoms with Gasteiger partial charge in [0, 0.05) is 17.8 Å². The van der Waals surface area contributed by atoms with Crippen LogP contribution in [0.1, 0.15) is 44.7 Å². The first kappa shape index (κ1) is 22.5. The number of urea groups is 1. The van der Waals surface area contributed by atoms with Gasteiger partial charge in [-0.2, -0.15) is 4.98 Å². The predicted molar refractivity (Wildman–Crippen MR) is 123 cm³/mol. The number of nitrogens with zero attached hydrogens (tertiary/aromatic N) is 3. The number of rotatable bonds is 7. The summed E-state index contributed by atoms with van der Waals surface area (Å²) in [4.78, 5) is 19.3. The summed E-state index contributed by atoms with van der Waals surface area (Å²) in [6, 6.07) is 12.6. The highest BCUT2D eigenvalue weighted by atomic mass is 19.1. The number of benzene rings is 2. The molecule has 3 aromatic rings. The van der Waals surface area contributed by atoms with Crippen molar-refractivity contribution in [2.45, 2.75) is 33.2 Å². The van der Waals surface area contributed by atoms with Crippen molar-refractivity contribution in [2.24, 2.45) is 5.92 Å². The zero-order chi connectivity index (χ0) is 23.5. The van der Waals surface area contributed by atoms with E-state index in [2.05, 4.69) is 29.3 Å². The molecule has 0 aliphatic carbocycles. The van der Waals surface area contributed by atoms with E-state index in [1.54, 1.807) is 24.1 Å². The molecule has 0 fully saturated rings. The van der Waals surface area contributed by atoms with Gasteiger partial charge in [0.25, 0.3) is 5.89 Å². The van der Waals surface area contributed by atoms with Crippen molar-refractivity contribution in [3.63, 3.8) is 0 Å². The number of ether oxygens (including phenoxy) is 1. The molecule has 0 saturated carbocycles. The molecule has 1 aliphatic heterocycles. The molecule has 0 radical (unpaired) electrons. The topological polar surface area (TPSA) is 80.5 Å². The minimum absolute atomic E-state index is 0.235. The normalized spacial score (nSPS) is 16.4. The first-order chi connectivity index (χ1) is 15.9. The molecule has 2 amide bonds. The lowest BCUT2D eigenvalue weighted by molar-refractivity contribution is 0.202. The molecular formula is C25H27FN4O3. The average Bonchev–Trinajstić information content (AvgIpc) is 3.28. The standard InChI is InChI=1S/C25H27FN4O3/c1-15(2)12-13-30-16(3)21(22(27-25(30)31)18-6-5-7-19(26)14-18)24-28-23(29-33-24)17-8-10-20(32-4)11-9-17/h5-11,14-15,22H,12-13H2,1-4H3,(H,27,31). The molecule has 172 valence electrons. The van der Waals surface area contributed by atoms with Gasteiger partial charge >= 0.3 is 6.03 Å². The third-order valence-corrected chi connectivity index (χ3v) is 5.71. The Hall–Kier alpha value is -3.68. The Morgan fingerprint density at radius 3 is 2.64 bits per heavy atom. The van der Waals surface area contributed by atoms with Gasteiger partial charge in [0.15, 0.2) is 0 Å². The molecule has 8 heteroatoms. The van der Waals surface area contributed by atoms with Crippen LogP contribution in [0, 0.1) is 11.7 Å². The molecule has 4 rings (SSSR count). The minimum Gasteiger partial charge on any atom is -0.497 e.